The maximum absolute atomic E-state index is 12.9. The van der Waals surface area contributed by atoms with Gasteiger partial charge in [0.15, 0.2) is 11.6 Å². The van der Waals surface area contributed by atoms with Gasteiger partial charge >= 0.3 is 0 Å². The number of nitrogens with zero attached hydrogens (tertiary/aromatic N) is 2. The maximum Gasteiger partial charge on any atom is 0.256 e. The average molecular weight is 475 g/mol. The number of carbonyl (C=O) groups is 1. The Morgan fingerprint density at radius 1 is 0.853 bits per heavy atom. The number of hydrogen-bond donors (Lipinski definition) is 2. The molecule has 2 N–H and O–H groups in total. The molecule has 2 aromatic carbocycles. The molecule has 172 valence electrons. The lowest BCUT2D eigenvalue weighted by molar-refractivity contribution is 0.102. The summed E-state index contributed by atoms with van der Waals surface area (Å²) in [7, 11) is -3.81. The molecule has 0 unspecified atom stereocenters. The van der Waals surface area contributed by atoms with Crippen molar-refractivity contribution in [1.82, 2.24) is 14.7 Å². The number of carbonyl (C=O) groups excluding carboxylic acids is 1. The summed E-state index contributed by atoms with van der Waals surface area (Å²) in [6.07, 6.45) is 4.87. The first kappa shape index (κ1) is 23.1. The fourth-order valence-corrected chi connectivity index (χ4v) is 4.15. The van der Waals surface area contributed by atoms with Gasteiger partial charge in [-0.05, 0) is 53.6 Å². The van der Waals surface area contributed by atoms with Gasteiger partial charge in [0.2, 0.25) is 10.0 Å². The standard InChI is InChI=1S/C25H22N4O4S/c30-25(29-24-23(10-5-13-27-24)33-18-20-11-14-26-15-12-20)21-8-4-9-22(16-21)34(31,32)28-17-19-6-2-1-3-7-19/h1-16,28H,17-18H2,(H,27,29,30). The van der Waals surface area contributed by atoms with Crippen LogP contribution in [0.15, 0.2) is 102 Å². The minimum atomic E-state index is -3.81. The number of nitrogens with one attached hydrogen (secondary N) is 2. The molecule has 0 atom stereocenters. The number of hydrogen-bond acceptors (Lipinski definition) is 6. The van der Waals surface area contributed by atoms with Crippen molar-refractivity contribution in [3.63, 3.8) is 0 Å². The highest BCUT2D eigenvalue weighted by molar-refractivity contribution is 7.89. The van der Waals surface area contributed by atoms with Gasteiger partial charge in [-0.3, -0.25) is 9.78 Å². The Balaban J connectivity index is 1.45. The third kappa shape index (κ3) is 6.03. The van der Waals surface area contributed by atoms with Crippen molar-refractivity contribution in [3.8, 4) is 5.75 Å². The highest BCUT2D eigenvalue weighted by atomic mass is 32.2. The molecule has 0 saturated heterocycles. The van der Waals surface area contributed by atoms with E-state index >= 15 is 0 Å². The number of anilines is 1. The zero-order chi connectivity index (χ0) is 23.8. The molecule has 0 radical (unpaired) electrons. The molecule has 9 heteroatoms. The van der Waals surface area contributed by atoms with Crippen molar-refractivity contribution >= 4 is 21.7 Å². The van der Waals surface area contributed by atoms with Crippen LogP contribution < -0.4 is 14.8 Å². The Labute approximate surface area is 197 Å². The first-order valence-corrected chi connectivity index (χ1v) is 11.9. The van der Waals surface area contributed by atoms with Gasteiger partial charge in [-0.2, -0.15) is 0 Å². The summed E-state index contributed by atoms with van der Waals surface area (Å²) in [5, 5.41) is 2.70. The van der Waals surface area contributed by atoms with Crippen LogP contribution in [-0.4, -0.2) is 24.3 Å². The molecule has 0 aliphatic heterocycles. The quantitative estimate of drug-likeness (QED) is 0.382. The summed E-state index contributed by atoms with van der Waals surface area (Å²) in [4.78, 5) is 21.0. The molecule has 0 fully saturated rings. The molecular weight excluding hydrogens is 452 g/mol. The fourth-order valence-electron chi connectivity index (χ4n) is 3.08. The topological polar surface area (TPSA) is 110 Å². The largest absolute Gasteiger partial charge is 0.485 e. The number of rotatable bonds is 9. The number of amides is 1. The van der Waals surface area contributed by atoms with Crippen LogP contribution in [-0.2, 0) is 23.2 Å². The summed E-state index contributed by atoms with van der Waals surface area (Å²) >= 11 is 0. The molecule has 34 heavy (non-hydrogen) atoms. The molecular formula is C25H22N4O4S. The minimum absolute atomic E-state index is 0.00809. The van der Waals surface area contributed by atoms with Crippen LogP contribution >= 0.6 is 0 Å². The molecule has 0 spiro atoms. The number of benzene rings is 2. The lowest BCUT2D eigenvalue weighted by Crippen LogP contribution is -2.23. The smallest absolute Gasteiger partial charge is 0.256 e. The Morgan fingerprint density at radius 2 is 1.65 bits per heavy atom. The van der Waals surface area contributed by atoms with Crippen LogP contribution in [0.2, 0.25) is 0 Å². The van der Waals surface area contributed by atoms with Crippen LogP contribution in [0, 0.1) is 0 Å². The second kappa shape index (κ2) is 10.7. The van der Waals surface area contributed by atoms with Crippen molar-refractivity contribution in [2.75, 3.05) is 5.32 Å². The highest BCUT2D eigenvalue weighted by Gasteiger charge is 2.17. The molecule has 0 saturated carbocycles. The van der Waals surface area contributed by atoms with Crippen LogP contribution in [0.25, 0.3) is 0 Å². The predicted molar refractivity (Wildman–Crippen MR) is 128 cm³/mol. The van der Waals surface area contributed by atoms with E-state index in [1.807, 2.05) is 42.5 Å². The lowest BCUT2D eigenvalue weighted by atomic mass is 10.2. The summed E-state index contributed by atoms with van der Waals surface area (Å²) < 4.78 is 33.8. The zero-order valence-corrected chi connectivity index (χ0v) is 18.9. The van der Waals surface area contributed by atoms with E-state index in [4.69, 9.17) is 4.74 Å². The highest BCUT2D eigenvalue weighted by Crippen LogP contribution is 2.23. The van der Waals surface area contributed by atoms with Crippen LogP contribution in [0.3, 0.4) is 0 Å². The normalized spacial score (nSPS) is 11.1. The maximum atomic E-state index is 12.9. The van der Waals surface area contributed by atoms with E-state index in [-0.39, 0.29) is 29.4 Å². The third-order valence-electron chi connectivity index (χ3n) is 4.86. The van der Waals surface area contributed by atoms with Crippen LogP contribution in [0.4, 0.5) is 5.82 Å². The van der Waals surface area contributed by atoms with E-state index in [2.05, 4.69) is 20.0 Å². The zero-order valence-electron chi connectivity index (χ0n) is 18.1. The fraction of sp³-hybridized carbons (Fsp3) is 0.0800. The summed E-state index contributed by atoms with van der Waals surface area (Å²) in [6.45, 7) is 0.420. The summed E-state index contributed by atoms with van der Waals surface area (Å²) in [6, 6.07) is 22.0. The van der Waals surface area contributed by atoms with Crippen LogP contribution in [0.1, 0.15) is 21.5 Å². The summed E-state index contributed by atoms with van der Waals surface area (Å²) in [5.41, 5.74) is 1.92. The van der Waals surface area contributed by atoms with Crippen LogP contribution in [0.5, 0.6) is 5.75 Å². The first-order chi connectivity index (χ1) is 16.5. The van der Waals surface area contributed by atoms with E-state index in [0.717, 1.165) is 11.1 Å². The second-order valence-corrected chi connectivity index (χ2v) is 9.05. The molecule has 0 aliphatic carbocycles. The van der Waals surface area contributed by atoms with Gasteiger partial charge in [0.05, 0.1) is 4.90 Å². The Morgan fingerprint density at radius 3 is 2.44 bits per heavy atom. The molecule has 2 aromatic heterocycles. The van der Waals surface area contributed by atoms with Crippen molar-refractivity contribution < 1.29 is 17.9 Å². The molecule has 8 nitrogen and oxygen atoms in total. The first-order valence-electron chi connectivity index (χ1n) is 10.4. The lowest BCUT2D eigenvalue weighted by Gasteiger charge is -2.12. The Kier molecular flexibility index (Phi) is 7.26. The van der Waals surface area contributed by atoms with E-state index in [0.29, 0.717) is 5.75 Å². The molecule has 4 aromatic rings. The molecule has 1 amide bonds. The van der Waals surface area contributed by atoms with Crippen molar-refractivity contribution in [1.29, 1.82) is 0 Å². The number of aromatic nitrogens is 2. The summed E-state index contributed by atoms with van der Waals surface area (Å²) in [5.74, 6) is 0.116. The molecule has 4 rings (SSSR count). The van der Waals surface area contributed by atoms with Gasteiger partial charge in [0.25, 0.3) is 5.91 Å². The Bertz CT molecular complexity index is 1360. The van der Waals surface area contributed by atoms with Gasteiger partial charge < -0.3 is 10.1 Å². The number of sulfonamides is 1. The third-order valence-corrected chi connectivity index (χ3v) is 6.26. The van der Waals surface area contributed by atoms with Crippen molar-refractivity contribution in [2.24, 2.45) is 0 Å². The van der Waals surface area contributed by atoms with E-state index < -0.39 is 15.9 Å². The molecule has 0 bridgehead atoms. The van der Waals surface area contributed by atoms with Gasteiger partial charge in [0.1, 0.15) is 6.61 Å². The molecule has 2 heterocycles. The predicted octanol–water partition coefficient (Wildman–Crippen LogP) is 3.79. The monoisotopic (exact) mass is 474 g/mol. The molecule has 0 aliphatic rings. The van der Waals surface area contributed by atoms with E-state index in [1.54, 1.807) is 24.5 Å². The van der Waals surface area contributed by atoms with E-state index in [9.17, 15) is 13.2 Å². The van der Waals surface area contributed by atoms with Gasteiger partial charge in [0, 0.05) is 30.7 Å². The average Bonchev–Trinajstić information content (AvgIpc) is 2.88. The van der Waals surface area contributed by atoms with E-state index in [1.165, 1.54) is 30.5 Å². The van der Waals surface area contributed by atoms with Gasteiger partial charge in [-0.1, -0.05) is 36.4 Å². The number of pyridine rings is 2. The van der Waals surface area contributed by atoms with Gasteiger partial charge in [-0.25, -0.2) is 18.1 Å². The Hall–Kier alpha value is -4.08. The second-order valence-electron chi connectivity index (χ2n) is 7.29. The van der Waals surface area contributed by atoms with Gasteiger partial charge in [-0.15, -0.1) is 0 Å². The van der Waals surface area contributed by atoms with Crippen molar-refractivity contribution in [2.45, 2.75) is 18.0 Å². The number of ether oxygens (including phenoxy) is 1. The van der Waals surface area contributed by atoms with Crippen molar-refractivity contribution in [3.05, 3.63) is 114 Å². The minimum Gasteiger partial charge on any atom is -0.485 e. The SMILES string of the molecule is O=C(Nc1ncccc1OCc1ccncc1)c1cccc(S(=O)(=O)NCc2ccccc2)c1.